The molecule has 2 N–H and O–H groups in total. The molecule has 0 bridgehead atoms. The van der Waals surface area contributed by atoms with Crippen LogP contribution in [-0.4, -0.2) is 21.2 Å². The highest BCUT2D eigenvalue weighted by Gasteiger charge is 2.18. The van der Waals surface area contributed by atoms with E-state index in [4.69, 9.17) is 10.3 Å². The van der Waals surface area contributed by atoms with Crippen LogP contribution in [0.5, 0.6) is 0 Å². The monoisotopic (exact) mass is 224 g/mol. The molecule has 2 heterocycles. The quantitative estimate of drug-likeness (QED) is 0.857. The second kappa shape index (κ2) is 4.08. The van der Waals surface area contributed by atoms with Crippen molar-refractivity contribution in [2.45, 2.75) is 25.8 Å². The molecule has 2 atom stereocenters. The molecule has 80 valence electrons. The Labute approximate surface area is 91.3 Å². The van der Waals surface area contributed by atoms with Crippen LogP contribution in [0.1, 0.15) is 25.7 Å². The Morgan fingerprint density at radius 3 is 2.87 bits per heavy atom. The minimum atomic E-state index is -0.00580. The van der Waals surface area contributed by atoms with Crippen molar-refractivity contribution in [3.8, 4) is 11.5 Å². The molecule has 0 radical (unpaired) electrons. The summed E-state index contributed by atoms with van der Waals surface area (Å²) in [6, 6.07) is -0.00580. The van der Waals surface area contributed by atoms with Crippen LogP contribution in [0.15, 0.2) is 15.4 Å². The molecular formula is C9H12N4OS. The van der Waals surface area contributed by atoms with Crippen molar-refractivity contribution in [2.75, 3.05) is 0 Å². The molecule has 0 aliphatic rings. The summed E-state index contributed by atoms with van der Waals surface area (Å²) in [4.78, 5) is 8.37. The first kappa shape index (κ1) is 10.3. The van der Waals surface area contributed by atoms with E-state index in [0.29, 0.717) is 11.7 Å². The Morgan fingerprint density at radius 1 is 1.47 bits per heavy atom. The van der Waals surface area contributed by atoms with Gasteiger partial charge in [-0.1, -0.05) is 12.1 Å². The molecule has 0 saturated carbocycles. The Bertz CT molecular complexity index is 423. The van der Waals surface area contributed by atoms with Gasteiger partial charge < -0.3 is 10.3 Å². The van der Waals surface area contributed by atoms with E-state index in [9.17, 15) is 0 Å². The van der Waals surface area contributed by atoms with Gasteiger partial charge in [0.1, 0.15) is 5.69 Å². The second-order valence-electron chi connectivity index (χ2n) is 3.48. The van der Waals surface area contributed by atoms with Gasteiger partial charge in [-0.2, -0.15) is 4.98 Å². The summed E-state index contributed by atoms with van der Waals surface area (Å²) in [6.45, 7) is 3.88. The molecule has 5 nitrogen and oxygen atoms in total. The second-order valence-corrected chi connectivity index (χ2v) is 4.20. The molecule has 2 rings (SSSR count). The molecule has 0 aliphatic heterocycles. The van der Waals surface area contributed by atoms with E-state index < -0.39 is 0 Å². The summed E-state index contributed by atoms with van der Waals surface area (Å²) in [5.74, 6) is 1.15. The molecule has 0 saturated heterocycles. The highest BCUT2D eigenvalue weighted by atomic mass is 32.1. The number of hydrogen-bond acceptors (Lipinski definition) is 6. The van der Waals surface area contributed by atoms with Gasteiger partial charge in [0.25, 0.3) is 0 Å². The lowest BCUT2D eigenvalue weighted by Gasteiger charge is -2.08. The lowest BCUT2D eigenvalue weighted by molar-refractivity contribution is 0.346. The maximum atomic E-state index is 5.75. The third-order valence-corrected chi connectivity index (χ3v) is 2.87. The molecule has 0 aromatic carbocycles. The van der Waals surface area contributed by atoms with Gasteiger partial charge in [-0.25, -0.2) is 4.98 Å². The smallest absolute Gasteiger partial charge is 0.231 e. The van der Waals surface area contributed by atoms with Crippen molar-refractivity contribution in [2.24, 2.45) is 5.73 Å². The number of thiazole rings is 1. The van der Waals surface area contributed by atoms with Gasteiger partial charge in [0.05, 0.1) is 11.4 Å². The fourth-order valence-electron chi connectivity index (χ4n) is 1.07. The largest absolute Gasteiger partial charge is 0.339 e. The summed E-state index contributed by atoms with van der Waals surface area (Å²) in [7, 11) is 0. The van der Waals surface area contributed by atoms with E-state index in [2.05, 4.69) is 15.1 Å². The first-order valence-electron chi connectivity index (χ1n) is 4.66. The molecule has 0 aliphatic carbocycles. The molecule has 2 aromatic rings. The lowest BCUT2D eigenvalue weighted by atomic mass is 10.1. The van der Waals surface area contributed by atoms with Gasteiger partial charge >= 0.3 is 0 Å². The van der Waals surface area contributed by atoms with E-state index in [-0.39, 0.29) is 12.0 Å². The molecule has 2 aromatic heterocycles. The molecular weight excluding hydrogens is 212 g/mol. The molecule has 0 amide bonds. The molecule has 0 spiro atoms. The van der Waals surface area contributed by atoms with Gasteiger partial charge in [-0.05, 0) is 6.92 Å². The minimum absolute atomic E-state index is 0.00580. The van der Waals surface area contributed by atoms with Crippen LogP contribution >= 0.6 is 11.3 Å². The van der Waals surface area contributed by atoms with Gasteiger partial charge in [0.2, 0.25) is 11.7 Å². The topological polar surface area (TPSA) is 77.8 Å². The molecule has 6 heteroatoms. The van der Waals surface area contributed by atoms with Crippen molar-refractivity contribution in [3.05, 3.63) is 16.8 Å². The van der Waals surface area contributed by atoms with E-state index in [1.54, 1.807) is 5.51 Å². The summed E-state index contributed by atoms with van der Waals surface area (Å²) in [6.07, 6.45) is 0. The Morgan fingerprint density at radius 2 is 2.27 bits per heavy atom. The van der Waals surface area contributed by atoms with Crippen molar-refractivity contribution in [3.63, 3.8) is 0 Å². The van der Waals surface area contributed by atoms with Crippen molar-refractivity contribution in [1.82, 2.24) is 15.1 Å². The fourth-order valence-corrected chi connectivity index (χ4v) is 1.60. The first-order valence-corrected chi connectivity index (χ1v) is 5.60. The number of nitrogens with zero attached hydrogens (tertiary/aromatic N) is 3. The lowest BCUT2D eigenvalue weighted by Crippen LogP contribution is -2.22. The predicted molar refractivity (Wildman–Crippen MR) is 57.5 cm³/mol. The van der Waals surface area contributed by atoms with Crippen molar-refractivity contribution in [1.29, 1.82) is 0 Å². The standard InChI is InChI=1S/C9H12N4OS/c1-5(6(2)10)9-12-8(13-14-9)7-3-15-4-11-7/h3-6H,10H2,1-2H3. The third kappa shape index (κ3) is 2.05. The Balaban J connectivity index is 2.25. The van der Waals surface area contributed by atoms with Gasteiger partial charge in [0.15, 0.2) is 0 Å². The van der Waals surface area contributed by atoms with Gasteiger partial charge in [0, 0.05) is 11.4 Å². The summed E-state index contributed by atoms with van der Waals surface area (Å²) in [5.41, 5.74) is 8.23. The van der Waals surface area contributed by atoms with Crippen LogP contribution in [0, 0.1) is 0 Å². The van der Waals surface area contributed by atoms with Crippen molar-refractivity contribution >= 4 is 11.3 Å². The Kier molecular flexibility index (Phi) is 2.79. The summed E-state index contributed by atoms with van der Waals surface area (Å²) < 4.78 is 5.14. The maximum absolute atomic E-state index is 5.75. The summed E-state index contributed by atoms with van der Waals surface area (Å²) >= 11 is 1.50. The number of hydrogen-bond donors (Lipinski definition) is 1. The number of rotatable bonds is 3. The highest BCUT2D eigenvalue weighted by Crippen LogP contribution is 2.20. The SMILES string of the molecule is CC(N)C(C)c1nc(-c2cscn2)no1. The molecule has 15 heavy (non-hydrogen) atoms. The van der Waals surface area contributed by atoms with E-state index in [1.807, 2.05) is 19.2 Å². The normalized spacial score (nSPS) is 15.1. The van der Waals surface area contributed by atoms with Crippen LogP contribution in [0.25, 0.3) is 11.5 Å². The van der Waals surface area contributed by atoms with Gasteiger partial charge in [-0.15, -0.1) is 11.3 Å². The molecule has 0 fully saturated rings. The fraction of sp³-hybridized carbons (Fsp3) is 0.444. The predicted octanol–water partition coefficient (Wildman–Crippen LogP) is 1.64. The number of nitrogens with two attached hydrogens (primary N) is 1. The Hall–Kier alpha value is -1.27. The average Bonchev–Trinajstić information content (AvgIpc) is 2.86. The third-order valence-electron chi connectivity index (χ3n) is 2.28. The number of aromatic nitrogens is 3. The van der Waals surface area contributed by atoms with Crippen LogP contribution in [0.2, 0.25) is 0 Å². The van der Waals surface area contributed by atoms with E-state index in [0.717, 1.165) is 5.69 Å². The summed E-state index contributed by atoms with van der Waals surface area (Å²) in [5, 5.41) is 5.74. The van der Waals surface area contributed by atoms with E-state index >= 15 is 0 Å². The first-order chi connectivity index (χ1) is 7.18. The molecule has 2 unspecified atom stereocenters. The van der Waals surface area contributed by atoms with E-state index in [1.165, 1.54) is 11.3 Å². The zero-order valence-electron chi connectivity index (χ0n) is 8.54. The average molecular weight is 224 g/mol. The zero-order valence-corrected chi connectivity index (χ0v) is 9.36. The minimum Gasteiger partial charge on any atom is -0.339 e. The maximum Gasteiger partial charge on any atom is 0.231 e. The van der Waals surface area contributed by atoms with Crippen LogP contribution < -0.4 is 5.73 Å². The van der Waals surface area contributed by atoms with Crippen LogP contribution in [-0.2, 0) is 0 Å². The van der Waals surface area contributed by atoms with Crippen LogP contribution in [0.3, 0.4) is 0 Å². The van der Waals surface area contributed by atoms with Crippen molar-refractivity contribution < 1.29 is 4.52 Å². The van der Waals surface area contributed by atoms with Crippen LogP contribution in [0.4, 0.5) is 0 Å². The van der Waals surface area contributed by atoms with Gasteiger partial charge in [-0.3, -0.25) is 0 Å². The zero-order chi connectivity index (χ0) is 10.8. The highest BCUT2D eigenvalue weighted by molar-refractivity contribution is 7.07.